The van der Waals surface area contributed by atoms with Gasteiger partial charge in [-0.25, -0.2) is 9.48 Å². The third kappa shape index (κ3) is 3.89. The van der Waals surface area contributed by atoms with Gasteiger partial charge in [0.25, 0.3) is 0 Å². The molecule has 0 spiro atoms. The molecule has 0 atom stereocenters. The predicted molar refractivity (Wildman–Crippen MR) is 73.8 cm³/mol. The zero-order chi connectivity index (χ0) is 14.3. The Morgan fingerprint density at radius 3 is 2.89 bits per heavy atom. The topological polar surface area (TPSA) is 93.9 Å². The second-order valence-corrected chi connectivity index (χ2v) is 4.85. The number of hydrogen-bond donors (Lipinski definition) is 1. The van der Waals surface area contributed by atoms with E-state index in [9.17, 15) is 4.79 Å². The van der Waals surface area contributed by atoms with E-state index >= 15 is 0 Å². The van der Waals surface area contributed by atoms with Crippen LogP contribution in [0.4, 0.5) is 5.82 Å². The maximum Gasteiger partial charge on any atom is 0.344 e. The van der Waals surface area contributed by atoms with Gasteiger partial charge in [-0.3, -0.25) is 0 Å². The van der Waals surface area contributed by atoms with Gasteiger partial charge >= 0.3 is 5.97 Å². The molecule has 0 saturated heterocycles. The molecule has 1 rings (SSSR count). The highest BCUT2D eigenvalue weighted by Gasteiger charge is 2.23. The summed E-state index contributed by atoms with van der Waals surface area (Å²) in [6.07, 6.45) is 1.27. The van der Waals surface area contributed by atoms with E-state index < -0.39 is 5.97 Å². The molecule has 6 nitrogen and oxygen atoms in total. The Morgan fingerprint density at radius 2 is 2.32 bits per heavy atom. The minimum atomic E-state index is -0.457. The number of carbonyl (C=O) groups excluding carboxylic acids is 1. The summed E-state index contributed by atoms with van der Waals surface area (Å²) in [7, 11) is 0. The fraction of sp³-hybridized carbons (Fsp3) is 0.583. The zero-order valence-corrected chi connectivity index (χ0v) is 12.0. The number of nitrogens with zero attached hydrogens (tertiary/aromatic N) is 3. The standard InChI is InChI=1S/C12H18N4O2S/c1-3-8-19-11-9(12(17)18-4-2)10(14)16(15-11)7-5-6-13/h3-5,7-8,14H2,1-2H3. The molecule has 0 bridgehead atoms. The second kappa shape index (κ2) is 7.69. The number of aromatic nitrogens is 2. The first-order valence-corrected chi connectivity index (χ1v) is 7.17. The van der Waals surface area contributed by atoms with Crippen molar-refractivity contribution >= 4 is 23.5 Å². The zero-order valence-electron chi connectivity index (χ0n) is 11.2. The number of rotatable bonds is 7. The molecule has 0 amide bonds. The van der Waals surface area contributed by atoms with Crippen molar-refractivity contribution in [2.24, 2.45) is 0 Å². The molecule has 1 aromatic heterocycles. The number of carbonyl (C=O) groups is 1. The molecule has 1 aromatic rings. The van der Waals surface area contributed by atoms with E-state index in [1.807, 2.05) is 13.0 Å². The number of nitriles is 1. The summed E-state index contributed by atoms with van der Waals surface area (Å²) in [4.78, 5) is 11.9. The Labute approximate surface area is 116 Å². The minimum Gasteiger partial charge on any atom is -0.462 e. The van der Waals surface area contributed by atoms with E-state index in [4.69, 9.17) is 15.7 Å². The molecule has 0 fully saturated rings. The molecule has 0 aromatic carbocycles. The number of nitrogen functional groups attached to an aromatic ring is 1. The molecule has 7 heteroatoms. The quantitative estimate of drug-likeness (QED) is 0.607. The lowest BCUT2D eigenvalue weighted by Gasteiger charge is -2.03. The highest BCUT2D eigenvalue weighted by Crippen LogP contribution is 2.27. The Balaban J connectivity index is 3.05. The van der Waals surface area contributed by atoms with Crippen LogP contribution in [0.15, 0.2) is 5.03 Å². The third-order valence-corrected chi connectivity index (χ3v) is 3.49. The SMILES string of the molecule is CCCSc1nn(CCC#N)c(N)c1C(=O)OCC. The smallest absolute Gasteiger partial charge is 0.344 e. The Hall–Kier alpha value is -1.68. The third-order valence-electron chi connectivity index (χ3n) is 2.32. The first kappa shape index (κ1) is 15.4. The summed E-state index contributed by atoms with van der Waals surface area (Å²) in [5, 5.41) is 13.5. The first-order valence-electron chi connectivity index (χ1n) is 6.18. The van der Waals surface area contributed by atoms with E-state index in [2.05, 4.69) is 5.10 Å². The predicted octanol–water partition coefficient (Wildman–Crippen LogP) is 2.06. The summed E-state index contributed by atoms with van der Waals surface area (Å²) < 4.78 is 6.49. The maximum absolute atomic E-state index is 11.9. The van der Waals surface area contributed by atoms with Crippen LogP contribution in [0.5, 0.6) is 0 Å². The minimum absolute atomic E-state index is 0.271. The molecule has 19 heavy (non-hydrogen) atoms. The maximum atomic E-state index is 11.9. The van der Waals surface area contributed by atoms with Crippen LogP contribution in [-0.4, -0.2) is 28.1 Å². The van der Waals surface area contributed by atoms with Crippen LogP contribution in [0.25, 0.3) is 0 Å². The number of esters is 1. The van der Waals surface area contributed by atoms with Crippen LogP contribution < -0.4 is 5.73 Å². The second-order valence-electron chi connectivity index (χ2n) is 3.77. The number of anilines is 1. The van der Waals surface area contributed by atoms with Crippen molar-refractivity contribution in [3.63, 3.8) is 0 Å². The molecule has 0 aliphatic heterocycles. The van der Waals surface area contributed by atoms with Crippen molar-refractivity contribution in [3.05, 3.63) is 5.56 Å². The fourth-order valence-electron chi connectivity index (χ4n) is 1.47. The average Bonchev–Trinajstić information content (AvgIpc) is 2.70. The van der Waals surface area contributed by atoms with E-state index in [0.717, 1.165) is 12.2 Å². The van der Waals surface area contributed by atoms with Crippen molar-refractivity contribution in [3.8, 4) is 6.07 Å². The van der Waals surface area contributed by atoms with Crippen LogP contribution in [0, 0.1) is 11.3 Å². The van der Waals surface area contributed by atoms with Crippen LogP contribution in [0.2, 0.25) is 0 Å². The van der Waals surface area contributed by atoms with Gasteiger partial charge in [0.2, 0.25) is 0 Å². The molecule has 104 valence electrons. The van der Waals surface area contributed by atoms with Crippen molar-refractivity contribution in [2.75, 3.05) is 18.1 Å². The number of ether oxygens (including phenoxy) is 1. The van der Waals surface area contributed by atoms with Crippen molar-refractivity contribution in [1.82, 2.24) is 9.78 Å². The van der Waals surface area contributed by atoms with Crippen molar-refractivity contribution in [2.45, 2.75) is 38.3 Å². The van der Waals surface area contributed by atoms with E-state index in [1.54, 1.807) is 6.92 Å². The molecule has 0 aliphatic rings. The summed E-state index contributed by atoms with van der Waals surface area (Å²) in [5.74, 6) is 0.662. The fourth-order valence-corrected chi connectivity index (χ4v) is 2.36. The summed E-state index contributed by atoms with van der Waals surface area (Å²) >= 11 is 1.47. The van der Waals surface area contributed by atoms with Crippen LogP contribution in [-0.2, 0) is 11.3 Å². The van der Waals surface area contributed by atoms with E-state index in [0.29, 0.717) is 30.2 Å². The van der Waals surface area contributed by atoms with Crippen LogP contribution >= 0.6 is 11.8 Å². The summed E-state index contributed by atoms with van der Waals surface area (Å²) in [5.41, 5.74) is 6.24. The lowest BCUT2D eigenvalue weighted by Crippen LogP contribution is -2.10. The van der Waals surface area contributed by atoms with Crippen molar-refractivity contribution < 1.29 is 9.53 Å². The van der Waals surface area contributed by atoms with Gasteiger partial charge in [0.05, 0.1) is 25.6 Å². The van der Waals surface area contributed by atoms with Gasteiger partial charge in [0, 0.05) is 0 Å². The first-order chi connectivity index (χ1) is 9.15. The molecular formula is C12H18N4O2S. The molecule has 0 radical (unpaired) electrons. The van der Waals surface area contributed by atoms with Gasteiger partial charge in [-0.1, -0.05) is 6.92 Å². The van der Waals surface area contributed by atoms with Gasteiger partial charge in [-0.05, 0) is 19.1 Å². The Bertz CT molecular complexity index is 479. The largest absolute Gasteiger partial charge is 0.462 e. The van der Waals surface area contributed by atoms with Gasteiger partial charge in [-0.15, -0.1) is 11.8 Å². The summed E-state index contributed by atoms with van der Waals surface area (Å²) in [6, 6.07) is 2.03. The monoisotopic (exact) mass is 282 g/mol. The highest BCUT2D eigenvalue weighted by atomic mass is 32.2. The molecule has 0 saturated carbocycles. The molecule has 0 unspecified atom stereocenters. The van der Waals surface area contributed by atoms with Gasteiger partial charge < -0.3 is 10.5 Å². The Kier molecular flexibility index (Phi) is 6.22. The van der Waals surface area contributed by atoms with E-state index in [1.165, 1.54) is 16.4 Å². The van der Waals surface area contributed by atoms with E-state index in [-0.39, 0.29) is 5.82 Å². The molecule has 0 aliphatic carbocycles. The number of hydrogen-bond acceptors (Lipinski definition) is 6. The number of aryl methyl sites for hydroxylation is 1. The molecule has 2 N–H and O–H groups in total. The number of nitrogens with two attached hydrogens (primary N) is 1. The highest BCUT2D eigenvalue weighted by molar-refractivity contribution is 7.99. The summed E-state index contributed by atoms with van der Waals surface area (Å²) in [6.45, 7) is 4.46. The van der Waals surface area contributed by atoms with Crippen LogP contribution in [0.1, 0.15) is 37.0 Å². The van der Waals surface area contributed by atoms with Crippen molar-refractivity contribution in [1.29, 1.82) is 5.26 Å². The molecule has 1 heterocycles. The lowest BCUT2D eigenvalue weighted by atomic mass is 10.3. The normalized spacial score (nSPS) is 10.2. The van der Waals surface area contributed by atoms with Crippen LogP contribution in [0.3, 0.4) is 0 Å². The molecular weight excluding hydrogens is 264 g/mol. The van der Waals surface area contributed by atoms with Gasteiger partial charge in [0.15, 0.2) is 0 Å². The Morgan fingerprint density at radius 1 is 1.58 bits per heavy atom. The van der Waals surface area contributed by atoms with Gasteiger partial charge in [-0.2, -0.15) is 10.4 Å². The lowest BCUT2D eigenvalue weighted by molar-refractivity contribution is 0.0523. The average molecular weight is 282 g/mol. The van der Waals surface area contributed by atoms with Gasteiger partial charge in [0.1, 0.15) is 16.4 Å². The number of thioether (sulfide) groups is 1.